The van der Waals surface area contributed by atoms with E-state index in [-0.39, 0.29) is 11.9 Å². The van der Waals surface area contributed by atoms with E-state index in [9.17, 15) is 5.11 Å². The average molecular weight is 299 g/mol. The number of aliphatic hydroxyl groups excluding tert-OH is 1. The Morgan fingerprint density at radius 1 is 1.25 bits per heavy atom. The smallest absolute Gasteiger partial charge is 0.119 e. The summed E-state index contributed by atoms with van der Waals surface area (Å²) in [6, 6.07) is 11.7. The number of hydrogen-bond acceptors (Lipinski definition) is 3. The molecule has 1 atom stereocenters. The van der Waals surface area contributed by atoms with Crippen molar-refractivity contribution in [1.29, 1.82) is 0 Å². The van der Waals surface area contributed by atoms with Gasteiger partial charge in [0, 0.05) is 9.37 Å². The number of benzene rings is 1. The van der Waals surface area contributed by atoms with Gasteiger partial charge in [-0.15, -0.1) is 11.8 Å². The lowest BCUT2D eigenvalue weighted by molar-refractivity contribution is 0.284. The molecule has 0 radical (unpaired) electrons. The summed E-state index contributed by atoms with van der Waals surface area (Å²) in [6.45, 7) is 0.0551. The Kier molecular flexibility index (Phi) is 4.09. The zero-order chi connectivity index (χ0) is 11.4. The highest BCUT2D eigenvalue weighted by Gasteiger charge is 2.15. The van der Waals surface area contributed by atoms with Crippen LogP contribution in [0.1, 0.15) is 11.0 Å². The van der Waals surface area contributed by atoms with Gasteiger partial charge in [0.05, 0.1) is 18.1 Å². The van der Waals surface area contributed by atoms with Crippen LogP contribution in [0, 0.1) is 0 Å². The van der Waals surface area contributed by atoms with Crippen molar-refractivity contribution in [2.45, 2.75) is 10.1 Å². The van der Waals surface area contributed by atoms with Gasteiger partial charge in [-0.3, -0.25) is 0 Å². The molecule has 16 heavy (non-hydrogen) atoms. The fourth-order valence-electron chi connectivity index (χ4n) is 1.35. The second-order valence-electron chi connectivity index (χ2n) is 3.23. The van der Waals surface area contributed by atoms with E-state index in [0.29, 0.717) is 0 Å². The maximum atomic E-state index is 9.35. The lowest BCUT2D eigenvalue weighted by atomic mass is 10.3. The molecule has 2 nitrogen and oxygen atoms in total. The number of halogens is 1. The molecule has 0 bridgehead atoms. The van der Waals surface area contributed by atoms with E-state index in [2.05, 4.69) is 15.9 Å². The van der Waals surface area contributed by atoms with Crippen LogP contribution in [0.25, 0.3) is 0 Å². The van der Waals surface area contributed by atoms with E-state index < -0.39 is 0 Å². The van der Waals surface area contributed by atoms with Gasteiger partial charge in [0.25, 0.3) is 0 Å². The van der Waals surface area contributed by atoms with Gasteiger partial charge < -0.3 is 9.52 Å². The van der Waals surface area contributed by atoms with E-state index in [1.807, 2.05) is 36.4 Å². The first-order valence-electron chi connectivity index (χ1n) is 4.86. The average Bonchev–Trinajstić information content (AvgIpc) is 2.81. The molecule has 2 aromatic rings. The van der Waals surface area contributed by atoms with Crippen LogP contribution < -0.4 is 0 Å². The lowest BCUT2D eigenvalue weighted by Crippen LogP contribution is -1.98. The molecule has 0 fully saturated rings. The van der Waals surface area contributed by atoms with E-state index in [0.717, 1.165) is 15.1 Å². The first-order valence-corrected chi connectivity index (χ1v) is 6.54. The minimum Gasteiger partial charge on any atom is -0.468 e. The standard InChI is InChI=1S/C12H11BrO2S/c13-9-4-1-2-6-11(9)16-12(8-14)10-5-3-7-15-10/h1-7,12,14H,8H2. The molecular weight excluding hydrogens is 288 g/mol. The molecule has 1 N–H and O–H groups in total. The largest absolute Gasteiger partial charge is 0.468 e. The predicted octanol–water partition coefficient (Wildman–Crippen LogP) is 3.87. The summed E-state index contributed by atoms with van der Waals surface area (Å²) in [6.07, 6.45) is 1.62. The molecule has 1 aromatic carbocycles. The fraction of sp³-hybridized carbons (Fsp3) is 0.167. The van der Waals surface area contributed by atoms with Gasteiger partial charge in [-0.25, -0.2) is 0 Å². The maximum Gasteiger partial charge on any atom is 0.119 e. The molecule has 2 rings (SSSR count). The van der Waals surface area contributed by atoms with Crippen LogP contribution in [0.15, 0.2) is 56.4 Å². The van der Waals surface area contributed by atoms with E-state index in [1.165, 1.54) is 0 Å². The summed E-state index contributed by atoms with van der Waals surface area (Å²) in [5.74, 6) is 0.795. The summed E-state index contributed by atoms with van der Waals surface area (Å²) in [5.41, 5.74) is 0. The highest BCUT2D eigenvalue weighted by Crippen LogP contribution is 2.38. The van der Waals surface area contributed by atoms with Crippen LogP contribution in [0.3, 0.4) is 0 Å². The molecule has 1 unspecified atom stereocenters. The van der Waals surface area contributed by atoms with Crippen LogP contribution in [0.2, 0.25) is 0 Å². The molecule has 0 aliphatic heterocycles. The fourth-order valence-corrected chi connectivity index (χ4v) is 2.89. The van der Waals surface area contributed by atoms with E-state index in [1.54, 1.807) is 18.0 Å². The van der Waals surface area contributed by atoms with Crippen molar-refractivity contribution >= 4 is 27.7 Å². The van der Waals surface area contributed by atoms with Crippen molar-refractivity contribution in [2.75, 3.05) is 6.61 Å². The molecule has 4 heteroatoms. The summed E-state index contributed by atoms with van der Waals surface area (Å²) in [7, 11) is 0. The van der Waals surface area contributed by atoms with Gasteiger partial charge in [-0.1, -0.05) is 12.1 Å². The number of hydrogen-bond donors (Lipinski definition) is 1. The Bertz CT molecular complexity index is 442. The Morgan fingerprint density at radius 3 is 2.69 bits per heavy atom. The number of rotatable bonds is 4. The van der Waals surface area contributed by atoms with Crippen molar-refractivity contribution in [3.63, 3.8) is 0 Å². The van der Waals surface area contributed by atoms with Crippen LogP contribution in [0.4, 0.5) is 0 Å². The minimum atomic E-state index is -0.0614. The highest BCUT2D eigenvalue weighted by atomic mass is 79.9. The lowest BCUT2D eigenvalue weighted by Gasteiger charge is -2.12. The summed E-state index contributed by atoms with van der Waals surface area (Å²) in [4.78, 5) is 1.10. The second-order valence-corrected chi connectivity index (χ2v) is 5.33. The molecule has 0 saturated carbocycles. The Hall–Kier alpha value is -0.710. The zero-order valence-corrected chi connectivity index (χ0v) is 10.9. The molecule has 84 valence electrons. The minimum absolute atomic E-state index is 0.0551. The van der Waals surface area contributed by atoms with Gasteiger partial charge in [0.15, 0.2) is 0 Å². The van der Waals surface area contributed by atoms with Crippen LogP contribution in [0.5, 0.6) is 0 Å². The molecule has 0 aliphatic carbocycles. The van der Waals surface area contributed by atoms with Gasteiger partial charge >= 0.3 is 0 Å². The molecular formula is C12H11BrO2S. The highest BCUT2D eigenvalue weighted by molar-refractivity contribution is 9.10. The normalized spacial score (nSPS) is 12.6. The third-order valence-corrected chi connectivity index (χ3v) is 4.36. The maximum absolute atomic E-state index is 9.35. The summed E-state index contributed by atoms with van der Waals surface area (Å²) >= 11 is 5.07. The SMILES string of the molecule is OCC(Sc1ccccc1Br)c1ccco1. The van der Waals surface area contributed by atoms with Crippen molar-refractivity contribution in [3.8, 4) is 0 Å². The van der Waals surface area contributed by atoms with Gasteiger partial charge in [0.2, 0.25) is 0 Å². The third kappa shape index (κ3) is 2.70. The first-order chi connectivity index (χ1) is 7.81. The first kappa shape index (κ1) is 11.8. The van der Waals surface area contributed by atoms with Crippen LogP contribution >= 0.6 is 27.7 Å². The predicted molar refractivity (Wildman–Crippen MR) is 68.5 cm³/mol. The van der Waals surface area contributed by atoms with Crippen molar-refractivity contribution in [3.05, 3.63) is 52.9 Å². The van der Waals surface area contributed by atoms with Crippen molar-refractivity contribution in [2.24, 2.45) is 0 Å². The molecule has 1 aromatic heterocycles. The van der Waals surface area contributed by atoms with E-state index >= 15 is 0 Å². The molecule has 0 saturated heterocycles. The molecule has 0 spiro atoms. The number of aliphatic hydroxyl groups is 1. The van der Waals surface area contributed by atoms with Crippen LogP contribution in [-0.2, 0) is 0 Å². The van der Waals surface area contributed by atoms with Crippen molar-refractivity contribution < 1.29 is 9.52 Å². The van der Waals surface area contributed by atoms with Gasteiger partial charge in [0.1, 0.15) is 5.76 Å². The topological polar surface area (TPSA) is 33.4 Å². The molecule has 0 amide bonds. The Morgan fingerprint density at radius 2 is 2.06 bits per heavy atom. The Labute approximate surface area is 107 Å². The third-order valence-electron chi connectivity index (χ3n) is 2.13. The Balaban J connectivity index is 2.17. The van der Waals surface area contributed by atoms with Gasteiger partial charge in [-0.05, 0) is 40.2 Å². The van der Waals surface area contributed by atoms with Crippen molar-refractivity contribution in [1.82, 2.24) is 0 Å². The van der Waals surface area contributed by atoms with Gasteiger partial charge in [-0.2, -0.15) is 0 Å². The zero-order valence-electron chi connectivity index (χ0n) is 8.47. The summed E-state index contributed by atoms with van der Waals surface area (Å²) in [5, 5.41) is 9.29. The van der Waals surface area contributed by atoms with E-state index in [4.69, 9.17) is 4.42 Å². The quantitative estimate of drug-likeness (QED) is 0.870. The number of thioether (sulfide) groups is 1. The second kappa shape index (κ2) is 5.57. The number of furan rings is 1. The summed E-state index contributed by atoms with van der Waals surface area (Å²) < 4.78 is 6.33. The monoisotopic (exact) mass is 298 g/mol. The molecule has 0 aliphatic rings. The van der Waals surface area contributed by atoms with Crippen LogP contribution in [-0.4, -0.2) is 11.7 Å². The molecule has 1 heterocycles.